The summed E-state index contributed by atoms with van der Waals surface area (Å²) in [4.78, 5) is 15.8. The molecule has 2 aromatic carbocycles. The number of halogens is 2. The first-order valence-corrected chi connectivity index (χ1v) is 18.9. The Hall–Kier alpha value is -2.07. The quantitative estimate of drug-likeness (QED) is 0.284. The first-order chi connectivity index (χ1) is 21.1. The van der Waals surface area contributed by atoms with Gasteiger partial charge in [-0.05, 0) is 105 Å². The topological polar surface area (TPSA) is 84.9 Å². The van der Waals surface area contributed by atoms with E-state index in [1.165, 1.54) is 11.1 Å². The number of carbonyl (C=O) groups is 1. The third kappa shape index (κ3) is 6.31. The number of ether oxygens (including phenoxy) is 2. The molecule has 6 rings (SSSR count). The van der Waals surface area contributed by atoms with Crippen LogP contribution in [0.2, 0.25) is 5.02 Å². The number of fused-ring (bicyclic) bond motifs is 4. The maximum atomic E-state index is 13.4. The van der Waals surface area contributed by atoms with Gasteiger partial charge in [0.25, 0.3) is 5.91 Å². The zero-order chi connectivity index (χ0) is 31.1. The second-order valence-corrected chi connectivity index (χ2v) is 16.4. The molecule has 7 nitrogen and oxygen atoms in total. The fraction of sp³-hybridized carbons (Fsp3) is 0.559. The van der Waals surface area contributed by atoms with Gasteiger partial charge in [-0.15, -0.1) is 0 Å². The number of nitrogens with zero attached hydrogens (tertiary/aromatic N) is 1. The first kappa shape index (κ1) is 31.9. The molecule has 2 aromatic rings. The van der Waals surface area contributed by atoms with E-state index in [0.29, 0.717) is 42.8 Å². The van der Waals surface area contributed by atoms with E-state index in [1.807, 2.05) is 25.1 Å². The van der Waals surface area contributed by atoms with Crippen molar-refractivity contribution in [3.8, 4) is 5.75 Å². The van der Waals surface area contributed by atoms with Crippen LogP contribution >= 0.6 is 27.5 Å². The van der Waals surface area contributed by atoms with Crippen LogP contribution in [-0.2, 0) is 26.6 Å². The minimum atomic E-state index is -3.90. The zero-order valence-electron chi connectivity index (χ0n) is 25.4. The Kier molecular flexibility index (Phi) is 9.40. The van der Waals surface area contributed by atoms with Crippen molar-refractivity contribution in [3.05, 3.63) is 70.3 Å². The molecule has 0 saturated heterocycles. The molecule has 0 unspecified atom stereocenters. The van der Waals surface area contributed by atoms with Gasteiger partial charge in [-0.1, -0.05) is 52.7 Å². The minimum absolute atomic E-state index is 0.0430. The molecule has 2 bridgehead atoms. The summed E-state index contributed by atoms with van der Waals surface area (Å²) >= 11 is 9.94. The van der Waals surface area contributed by atoms with E-state index < -0.39 is 21.2 Å². The summed E-state index contributed by atoms with van der Waals surface area (Å²) in [5, 5.41) is 0.756. The van der Waals surface area contributed by atoms with Crippen molar-refractivity contribution in [1.82, 2.24) is 4.72 Å². The van der Waals surface area contributed by atoms with Gasteiger partial charge in [0.15, 0.2) is 0 Å². The Balaban J connectivity index is 1.42. The molecule has 4 aliphatic rings. The van der Waals surface area contributed by atoms with Gasteiger partial charge in [-0.25, -0.2) is 13.1 Å². The Morgan fingerprint density at radius 2 is 2.02 bits per heavy atom. The minimum Gasteiger partial charge on any atom is -0.490 e. The predicted molar refractivity (Wildman–Crippen MR) is 179 cm³/mol. The van der Waals surface area contributed by atoms with Crippen molar-refractivity contribution in [1.29, 1.82) is 0 Å². The lowest BCUT2D eigenvalue weighted by molar-refractivity contribution is -0.00729. The molecule has 0 aromatic heterocycles. The van der Waals surface area contributed by atoms with Gasteiger partial charge < -0.3 is 14.4 Å². The molecule has 6 atom stereocenters. The lowest BCUT2D eigenvalue weighted by Crippen LogP contribution is -2.49. The molecular weight excluding hydrogens is 664 g/mol. The maximum absolute atomic E-state index is 13.4. The van der Waals surface area contributed by atoms with Crippen LogP contribution in [0.4, 0.5) is 5.69 Å². The average Bonchev–Trinajstić information content (AvgIpc) is 3.13. The lowest BCUT2D eigenvalue weighted by Gasteiger charge is -2.46. The van der Waals surface area contributed by atoms with Gasteiger partial charge in [0.2, 0.25) is 10.0 Å². The number of alkyl halides is 1. The molecule has 10 heteroatoms. The number of rotatable bonds is 3. The molecule has 1 amide bonds. The number of benzene rings is 2. The van der Waals surface area contributed by atoms with Crippen molar-refractivity contribution in [2.24, 2.45) is 17.8 Å². The molecule has 1 spiro atoms. The first-order valence-electron chi connectivity index (χ1n) is 15.8. The highest BCUT2D eigenvalue weighted by molar-refractivity contribution is 9.09. The fourth-order valence-electron chi connectivity index (χ4n) is 7.50. The standard InChI is InChI=1S/C34H42BrClN2O5S/c1-22-5-3-7-31(42-16-15-35)28-11-8-26(28)19-38-20-34(14-4-6-24-17-27(36)10-12-29(24)34)21-43-32-13-9-25(18-30(32)38)33(39)37-44(40,41)23(22)2/h3,7,9-10,12-13,17-18,22-23,26,28,31H,4-6,8,11,14-16,19-21H2,1-2H3,(H,37,39)/b7-3-/t22-,23+,26-,28+,31-,34-/m0/s1. The van der Waals surface area contributed by atoms with Crippen LogP contribution in [0, 0.1) is 17.8 Å². The number of allylic oxidation sites excluding steroid dienone is 1. The van der Waals surface area contributed by atoms with Crippen LogP contribution in [0.15, 0.2) is 48.6 Å². The smallest absolute Gasteiger partial charge is 0.264 e. The van der Waals surface area contributed by atoms with Crippen LogP contribution in [0.3, 0.4) is 0 Å². The summed E-state index contributed by atoms with van der Waals surface area (Å²) in [6.45, 7) is 6.24. The van der Waals surface area contributed by atoms with E-state index in [0.717, 1.165) is 61.2 Å². The average molecular weight is 706 g/mol. The molecule has 1 saturated carbocycles. The number of hydrogen-bond acceptors (Lipinski definition) is 6. The van der Waals surface area contributed by atoms with Crippen molar-refractivity contribution < 1.29 is 22.7 Å². The largest absolute Gasteiger partial charge is 0.490 e. The highest BCUT2D eigenvalue weighted by Gasteiger charge is 2.44. The summed E-state index contributed by atoms with van der Waals surface area (Å²) < 4.78 is 41.9. The Bertz CT molecular complexity index is 1530. The Labute approximate surface area is 274 Å². The normalized spacial score (nSPS) is 32.3. The second-order valence-electron chi connectivity index (χ2n) is 13.1. The number of amides is 1. The van der Waals surface area contributed by atoms with Crippen LogP contribution in [0.25, 0.3) is 0 Å². The van der Waals surface area contributed by atoms with E-state index in [-0.39, 0.29) is 17.4 Å². The van der Waals surface area contributed by atoms with E-state index >= 15 is 0 Å². The summed E-state index contributed by atoms with van der Waals surface area (Å²) in [7, 11) is -3.90. The van der Waals surface area contributed by atoms with Gasteiger partial charge in [0.05, 0.1) is 30.3 Å². The van der Waals surface area contributed by atoms with Gasteiger partial charge in [-0.3, -0.25) is 4.79 Å². The predicted octanol–water partition coefficient (Wildman–Crippen LogP) is 6.66. The van der Waals surface area contributed by atoms with Crippen LogP contribution < -0.4 is 14.4 Å². The number of anilines is 1. The molecule has 2 aliphatic heterocycles. The van der Waals surface area contributed by atoms with Gasteiger partial charge in [0.1, 0.15) is 5.75 Å². The van der Waals surface area contributed by atoms with Gasteiger partial charge in [-0.2, -0.15) is 0 Å². The molecule has 238 valence electrons. The van der Waals surface area contributed by atoms with Crippen LogP contribution in [-0.4, -0.2) is 57.3 Å². The third-order valence-corrected chi connectivity index (χ3v) is 12.9. The molecule has 1 fully saturated rings. The highest BCUT2D eigenvalue weighted by Crippen LogP contribution is 2.47. The van der Waals surface area contributed by atoms with Crippen molar-refractivity contribution in [2.45, 2.75) is 69.1 Å². The second kappa shape index (κ2) is 13.0. The van der Waals surface area contributed by atoms with Crippen molar-refractivity contribution in [2.75, 3.05) is 36.5 Å². The van der Waals surface area contributed by atoms with Crippen molar-refractivity contribution in [3.63, 3.8) is 0 Å². The fourth-order valence-corrected chi connectivity index (χ4v) is 9.17. The summed E-state index contributed by atoms with van der Waals surface area (Å²) in [6.07, 6.45) is 9.94. The molecule has 1 N–H and O–H groups in total. The SMILES string of the molecule is C[C@@H]1[C@@H](C)C/C=C\[C@H](OCCBr)[C@@H]2CC[C@H]2CN2C[C@@]3(CCCc4cc(Cl)ccc43)COc3ccc(cc32)C(=O)NS1(=O)=O. The molecule has 44 heavy (non-hydrogen) atoms. The van der Waals surface area contributed by atoms with E-state index in [1.54, 1.807) is 13.0 Å². The number of aryl methyl sites for hydroxylation is 1. The number of hydrogen-bond donors (Lipinski definition) is 1. The number of carbonyl (C=O) groups excluding carboxylic acids is 1. The Morgan fingerprint density at radius 3 is 2.80 bits per heavy atom. The van der Waals surface area contributed by atoms with Crippen LogP contribution in [0.5, 0.6) is 5.75 Å². The molecule has 2 aliphatic carbocycles. The van der Waals surface area contributed by atoms with Gasteiger partial charge >= 0.3 is 0 Å². The third-order valence-electron chi connectivity index (χ3n) is 10.4. The molecule has 0 radical (unpaired) electrons. The monoisotopic (exact) mass is 704 g/mol. The number of sulfonamides is 1. The van der Waals surface area contributed by atoms with E-state index in [9.17, 15) is 13.2 Å². The van der Waals surface area contributed by atoms with E-state index in [2.05, 4.69) is 49.8 Å². The summed E-state index contributed by atoms with van der Waals surface area (Å²) in [5.41, 5.74) is 3.47. The summed E-state index contributed by atoms with van der Waals surface area (Å²) in [5.74, 6) is 0.670. The Morgan fingerprint density at radius 1 is 1.18 bits per heavy atom. The zero-order valence-corrected chi connectivity index (χ0v) is 28.6. The van der Waals surface area contributed by atoms with Crippen LogP contribution in [0.1, 0.15) is 67.4 Å². The molecular formula is C34H42BrClN2O5S. The molecule has 2 heterocycles. The lowest BCUT2D eigenvalue weighted by atomic mass is 9.68. The number of nitrogens with one attached hydrogen (secondary N) is 1. The van der Waals surface area contributed by atoms with Gasteiger partial charge in [0, 0.05) is 34.4 Å². The summed E-state index contributed by atoms with van der Waals surface area (Å²) in [6, 6.07) is 11.5. The maximum Gasteiger partial charge on any atom is 0.264 e. The van der Waals surface area contributed by atoms with E-state index in [4.69, 9.17) is 21.1 Å². The highest BCUT2D eigenvalue weighted by atomic mass is 79.9. The van der Waals surface area contributed by atoms with Crippen molar-refractivity contribution >= 4 is 49.1 Å².